The van der Waals surface area contributed by atoms with E-state index >= 15 is 0 Å². The van der Waals surface area contributed by atoms with Crippen LogP contribution < -0.4 is 0 Å². The van der Waals surface area contributed by atoms with E-state index in [1.165, 1.54) is 0 Å². The molecule has 2 N–H and O–H groups in total. The number of nitrogens with zero attached hydrogens (tertiary/aromatic N) is 6. The lowest BCUT2D eigenvalue weighted by Crippen LogP contribution is -1.92. The molecule has 0 atom stereocenters. The van der Waals surface area contributed by atoms with Gasteiger partial charge in [0, 0.05) is 90.7 Å². The van der Waals surface area contributed by atoms with Gasteiger partial charge in [-0.1, -0.05) is 72.8 Å². The maximum Gasteiger partial charge on any atom is 0.0737 e. The first kappa shape index (κ1) is 35.8. The molecule has 8 nitrogen and oxygen atoms in total. The summed E-state index contributed by atoms with van der Waals surface area (Å²) in [7, 11) is 0. The van der Waals surface area contributed by atoms with Crippen molar-refractivity contribution < 1.29 is 0 Å². The molecule has 64 heavy (non-hydrogen) atoms. The molecule has 0 spiro atoms. The second-order valence-corrected chi connectivity index (χ2v) is 16.0. The Balaban J connectivity index is 1.24. The molecule has 0 fully saturated rings. The SMILES string of the molecule is C1=Cc2nc1c(-c1ccnc3ccccc13)c1ccc([nH]1)c(-c1ccnc3ccccc13)c1nc(c(-c3ccnc4ccccc34)c3ccc([nH]3)c2-c2ccnc3ccccc23)C=C1. The lowest BCUT2D eigenvalue weighted by Gasteiger charge is -2.10. The number of fused-ring (bicyclic) bond motifs is 12. The average molecular weight is 819 g/mol. The molecule has 0 saturated carbocycles. The maximum atomic E-state index is 5.59. The second kappa shape index (κ2) is 14.4. The van der Waals surface area contributed by atoms with E-state index in [0.29, 0.717) is 0 Å². The standard InChI is InChI=1S/C56H34N8/c1-5-13-41-33(9-1)37(25-29-57-41)53-45-17-19-47(61-45)54(38-26-30-58-42-14-6-2-10-34(38)42)49-21-23-51(63-49)56(40-28-32-60-44-16-8-4-12-36(40)44)52-24-22-50(64-52)55(48-20-18-46(53)62-48)39-27-31-59-43-15-7-3-11-35(39)43/h1-32,61,64H. The number of hydrogen-bond donors (Lipinski definition) is 2. The van der Waals surface area contributed by atoms with Crippen LogP contribution in [-0.2, 0) is 0 Å². The van der Waals surface area contributed by atoms with E-state index in [-0.39, 0.29) is 0 Å². The molecule has 4 aromatic carbocycles. The van der Waals surface area contributed by atoms with E-state index in [9.17, 15) is 0 Å². The molecule has 0 amide bonds. The van der Waals surface area contributed by atoms with Crippen LogP contribution >= 0.6 is 0 Å². The largest absolute Gasteiger partial charge is 0.354 e. The zero-order valence-electron chi connectivity index (χ0n) is 34.2. The van der Waals surface area contributed by atoms with E-state index in [4.69, 9.17) is 29.9 Å². The zero-order valence-corrected chi connectivity index (χ0v) is 34.2. The molecule has 0 aliphatic carbocycles. The molecule has 13 rings (SSSR count). The fourth-order valence-corrected chi connectivity index (χ4v) is 9.59. The highest BCUT2D eigenvalue weighted by molar-refractivity contribution is 6.09. The molecule has 0 radical (unpaired) electrons. The van der Waals surface area contributed by atoms with Crippen LogP contribution in [-0.4, -0.2) is 39.9 Å². The molecule has 9 heterocycles. The van der Waals surface area contributed by atoms with Gasteiger partial charge in [0.15, 0.2) is 0 Å². The number of nitrogens with one attached hydrogen (secondary N) is 2. The van der Waals surface area contributed by atoms with E-state index in [1.54, 1.807) is 0 Å². The highest BCUT2D eigenvalue weighted by Crippen LogP contribution is 2.42. The molecule has 298 valence electrons. The third-order valence-corrected chi connectivity index (χ3v) is 12.4. The van der Waals surface area contributed by atoms with Crippen molar-refractivity contribution in [3.05, 3.63) is 193 Å². The Kier molecular flexibility index (Phi) is 8.04. The lowest BCUT2D eigenvalue weighted by atomic mass is 9.99. The lowest BCUT2D eigenvalue weighted by molar-refractivity contribution is 1.31. The van der Waals surface area contributed by atoms with Crippen molar-refractivity contribution in [2.75, 3.05) is 0 Å². The Labute approximate surface area is 366 Å². The van der Waals surface area contributed by atoms with Gasteiger partial charge in [-0.25, -0.2) is 9.97 Å². The van der Waals surface area contributed by atoms with Crippen LogP contribution in [0.15, 0.2) is 170 Å². The topological polar surface area (TPSA) is 109 Å². The monoisotopic (exact) mass is 818 g/mol. The van der Waals surface area contributed by atoms with Gasteiger partial charge in [0.05, 0.1) is 44.8 Å². The van der Waals surface area contributed by atoms with E-state index in [2.05, 4.69) is 156 Å². The van der Waals surface area contributed by atoms with Crippen molar-refractivity contribution in [3.8, 4) is 44.5 Å². The van der Waals surface area contributed by atoms with Crippen LogP contribution in [0.2, 0.25) is 0 Å². The van der Waals surface area contributed by atoms with Crippen LogP contribution in [0.5, 0.6) is 0 Å². The first-order valence-corrected chi connectivity index (χ1v) is 21.3. The van der Waals surface area contributed by atoms with Gasteiger partial charge in [0.25, 0.3) is 0 Å². The summed E-state index contributed by atoms with van der Waals surface area (Å²) in [5.41, 5.74) is 18.6. The van der Waals surface area contributed by atoms with Crippen LogP contribution in [0.4, 0.5) is 0 Å². The minimum atomic E-state index is 0.828. The molecule has 2 aliphatic heterocycles. The van der Waals surface area contributed by atoms with Gasteiger partial charge in [0.2, 0.25) is 0 Å². The number of H-pyrrole nitrogens is 2. The van der Waals surface area contributed by atoms with Crippen molar-refractivity contribution in [2.24, 2.45) is 0 Å². The summed E-state index contributed by atoms with van der Waals surface area (Å²) in [4.78, 5) is 38.1. The predicted octanol–water partition coefficient (Wildman–Crippen LogP) is 13.5. The van der Waals surface area contributed by atoms with Crippen LogP contribution in [0.25, 0.3) is 134 Å². The third-order valence-electron chi connectivity index (χ3n) is 12.4. The molecule has 2 aliphatic rings. The Hall–Kier alpha value is -8.88. The fourth-order valence-electron chi connectivity index (χ4n) is 9.59. The first-order chi connectivity index (χ1) is 31.7. The van der Waals surface area contributed by atoms with Gasteiger partial charge in [0.1, 0.15) is 0 Å². The summed E-state index contributed by atoms with van der Waals surface area (Å²) >= 11 is 0. The normalized spacial score (nSPS) is 12.2. The number of benzene rings is 4. The Morgan fingerprint density at radius 3 is 0.781 bits per heavy atom. The Bertz CT molecular complexity index is 3460. The summed E-state index contributed by atoms with van der Waals surface area (Å²) in [6, 6.07) is 50.2. The van der Waals surface area contributed by atoms with Crippen molar-refractivity contribution in [3.63, 3.8) is 0 Å². The zero-order chi connectivity index (χ0) is 42.1. The second-order valence-electron chi connectivity index (χ2n) is 16.0. The molecule has 8 bridgehead atoms. The highest BCUT2D eigenvalue weighted by Gasteiger charge is 2.22. The predicted molar refractivity (Wildman–Crippen MR) is 262 cm³/mol. The third kappa shape index (κ3) is 5.70. The number of rotatable bonds is 4. The Morgan fingerprint density at radius 1 is 0.266 bits per heavy atom. The summed E-state index contributed by atoms with van der Waals surface area (Å²) in [5, 5.41) is 4.14. The van der Waals surface area contributed by atoms with Crippen molar-refractivity contribution in [2.45, 2.75) is 0 Å². The summed E-state index contributed by atoms with van der Waals surface area (Å²) < 4.78 is 0. The minimum absolute atomic E-state index is 0.828. The fraction of sp³-hybridized carbons (Fsp3) is 0. The average Bonchev–Trinajstić information content (AvgIpc) is 4.20. The van der Waals surface area contributed by atoms with E-state index < -0.39 is 0 Å². The molecule has 7 aromatic heterocycles. The van der Waals surface area contributed by atoms with Gasteiger partial charge in [-0.15, -0.1) is 0 Å². The molecule has 8 heteroatoms. The van der Waals surface area contributed by atoms with Gasteiger partial charge in [-0.2, -0.15) is 0 Å². The molecule has 0 unspecified atom stereocenters. The van der Waals surface area contributed by atoms with E-state index in [1.807, 2.05) is 49.1 Å². The highest BCUT2D eigenvalue weighted by atomic mass is 14.8. The number of para-hydroxylation sites is 4. The van der Waals surface area contributed by atoms with Gasteiger partial charge in [-0.05, 0) is 119 Å². The minimum Gasteiger partial charge on any atom is -0.354 e. The number of aromatic nitrogens is 8. The van der Waals surface area contributed by atoms with Gasteiger partial charge < -0.3 is 9.97 Å². The molecule has 0 saturated heterocycles. The van der Waals surface area contributed by atoms with Crippen molar-refractivity contribution in [1.82, 2.24) is 39.9 Å². The maximum absolute atomic E-state index is 5.59. The van der Waals surface area contributed by atoms with Gasteiger partial charge >= 0.3 is 0 Å². The summed E-state index contributed by atoms with van der Waals surface area (Å²) in [5.74, 6) is 0. The number of aromatic amines is 2. The van der Waals surface area contributed by atoms with Crippen molar-refractivity contribution in [1.29, 1.82) is 0 Å². The summed E-state index contributed by atoms with van der Waals surface area (Å²) in [6.07, 6.45) is 16.1. The van der Waals surface area contributed by atoms with Crippen LogP contribution in [0.1, 0.15) is 22.8 Å². The van der Waals surface area contributed by atoms with Gasteiger partial charge in [-0.3, -0.25) is 19.9 Å². The smallest absolute Gasteiger partial charge is 0.0737 e. The Morgan fingerprint density at radius 2 is 0.516 bits per heavy atom. The van der Waals surface area contributed by atoms with Crippen molar-refractivity contribution >= 4 is 90.0 Å². The summed E-state index contributed by atoms with van der Waals surface area (Å²) in [6.45, 7) is 0. The number of hydrogen-bond acceptors (Lipinski definition) is 6. The molecular weight excluding hydrogens is 785 g/mol. The van der Waals surface area contributed by atoms with Crippen LogP contribution in [0, 0.1) is 0 Å². The number of pyridine rings is 4. The quantitative estimate of drug-likeness (QED) is 0.183. The van der Waals surface area contributed by atoms with Crippen LogP contribution in [0.3, 0.4) is 0 Å². The first-order valence-electron chi connectivity index (χ1n) is 21.3. The molecule has 11 aromatic rings. The molecular formula is C56H34N8. The van der Waals surface area contributed by atoms with E-state index in [0.717, 1.165) is 133 Å².